The molecule has 4 rings (SSSR count). The van der Waals surface area contributed by atoms with Crippen molar-refractivity contribution in [2.24, 2.45) is 0 Å². The first-order valence-electron chi connectivity index (χ1n) is 6.51. The van der Waals surface area contributed by atoms with E-state index in [-0.39, 0.29) is 5.89 Å². The van der Waals surface area contributed by atoms with E-state index in [1.165, 1.54) is 11.3 Å². The van der Waals surface area contributed by atoms with Crippen molar-refractivity contribution in [1.29, 1.82) is 0 Å². The maximum atomic E-state index is 6.17. The second kappa shape index (κ2) is 5.81. The van der Waals surface area contributed by atoms with Crippen LogP contribution in [0.25, 0.3) is 33.6 Å². The molecule has 0 radical (unpaired) electrons. The summed E-state index contributed by atoms with van der Waals surface area (Å²) in [4.78, 5) is 5.24. The Balaban J connectivity index is 1.68. The quantitative estimate of drug-likeness (QED) is 0.485. The molecule has 23 heavy (non-hydrogen) atoms. The third-order valence-corrected chi connectivity index (χ3v) is 4.51. The molecule has 0 amide bonds. The van der Waals surface area contributed by atoms with Crippen molar-refractivity contribution in [3.63, 3.8) is 0 Å². The van der Waals surface area contributed by atoms with E-state index in [0.717, 1.165) is 4.88 Å². The fourth-order valence-corrected chi connectivity index (χ4v) is 3.18. The molecule has 0 saturated heterocycles. The lowest BCUT2D eigenvalue weighted by Crippen LogP contribution is -1.77. The number of benzene rings is 1. The van der Waals surface area contributed by atoms with Crippen LogP contribution in [-0.2, 0) is 0 Å². The monoisotopic (exact) mass is 363 g/mol. The molecular formula is C15H7Cl2N3O2S. The number of hydrogen-bond acceptors (Lipinski definition) is 6. The molecule has 1 aromatic carbocycles. The fraction of sp³-hybridized carbons (Fsp3) is 0. The van der Waals surface area contributed by atoms with Gasteiger partial charge in [-0.1, -0.05) is 39.6 Å². The summed E-state index contributed by atoms with van der Waals surface area (Å²) < 4.78 is 10.6. The summed E-state index contributed by atoms with van der Waals surface area (Å²) in [6.07, 6.45) is 0. The normalized spacial score (nSPS) is 11.0. The van der Waals surface area contributed by atoms with Gasteiger partial charge in [0.1, 0.15) is 0 Å². The van der Waals surface area contributed by atoms with E-state index in [4.69, 9.17) is 32.2 Å². The number of hydrogen-bond donors (Lipinski definition) is 0. The minimum atomic E-state index is 0.286. The van der Waals surface area contributed by atoms with Crippen LogP contribution in [-0.4, -0.2) is 15.3 Å². The minimum Gasteiger partial charge on any atom is -0.355 e. The van der Waals surface area contributed by atoms with E-state index < -0.39 is 0 Å². The van der Waals surface area contributed by atoms with E-state index in [9.17, 15) is 0 Å². The molecule has 114 valence electrons. The topological polar surface area (TPSA) is 65.0 Å². The number of halogens is 2. The highest BCUT2D eigenvalue weighted by Gasteiger charge is 2.17. The third kappa shape index (κ3) is 2.76. The molecule has 5 nitrogen and oxygen atoms in total. The first kappa shape index (κ1) is 14.4. The van der Waals surface area contributed by atoms with Gasteiger partial charge in [-0.15, -0.1) is 11.3 Å². The van der Waals surface area contributed by atoms with Gasteiger partial charge >= 0.3 is 0 Å². The molecule has 8 heteroatoms. The molecule has 0 aliphatic carbocycles. The number of aromatic nitrogens is 3. The summed E-state index contributed by atoms with van der Waals surface area (Å²) in [5.41, 5.74) is 1.13. The molecule has 0 aliphatic heterocycles. The van der Waals surface area contributed by atoms with Crippen molar-refractivity contribution >= 4 is 34.5 Å². The first-order valence-corrected chi connectivity index (χ1v) is 8.14. The Labute approximate surface area is 144 Å². The molecule has 3 heterocycles. The summed E-state index contributed by atoms with van der Waals surface area (Å²) in [5.74, 6) is 1.30. The molecule has 0 bridgehead atoms. The van der Waals surface area contributed by atoms with E-state index in [2.05, 4.69) is 15.3 Å². The van der Waals surface area contributed by atoms with Crippen LogP contribution >= 0.6 is 34.5 Å². The van der Waals surface area contributed by atoms with Crippen molar-refractivity contribution in [2.75, 3.05) is 0 Å². The molecule has 0 N–H and O–H groups in total. The molecule has 0 fully saturated rings. The highest BCUT2D eigenvalue weighted by atomic mass is 35.5. The average Bonchev–Trinajstić information content (AvgIpc) is 3.27. The number of rotatable bonds is 3. The molecule has 4 aromatic rings. The van der Waals surface area contributed by atoms with Crippen LogP contribution in [0, 0.1) is 0 Å². The standard InChI is InChI=1S/C15H7Cl2N3O2S/c16-8-3-4-9(10(17)6-8)12-7-11(19-21-12)15-18-14(20-22-15)13-2-1-5-23-13/h1-7H. The van der Waals surface area contributed by atoms with Crippen molar-refractivity contribution in [1.82, 2.24) is 15.3 Å². The smallest absolute Gasteiger partial charge is 0.280 e. The Morgan fingerprint density at radius 3 is 2.70 bits per heavy atom. The summed E-state index contributed by atoms with van der Waals surface area (Å²) in [6.45, 7) is 0. The first-order chi connectivity index (χ1) is 11.2. The van der Waals surface area contributed by atoms with Crippen molar-refractivity contribution in [3.05, 3.63) is 51.8 Å². The Morgan fingerprint density at radius 2 is 1.91 bits per heavy atom. The summed E-state index contributed by atoms with van der Waals surface area (Å²) in [7, 11) is 0. The van der Waals surface area contributed by atoms with Gasteiger partial charge in [-0.25, -0.2) is 0 Å². The maximum Gasteiger partial charge on any atom is 0.280 e. The largest absolute Gasteiger partial charge is 0.355 e. The Kier molecular flexibility index (Phi) is 3.65. The van der Waals surface area contributed by atoms with E-state index in [1.54, 1.807) is 24.3 Å². The van der Waals surface area contributed by atoms with Crippen LogP contribution in [0.1, 0.15) is 0 Å². The zero-order valence-electron chi connectivity index (χ0n) is 11.4. The van der Waals surface area contributed by atoms with Crippen LogP contribution in [0.2, 0.25) is 10.0 Å². The van der Waals surface area contributed by atoms with Crippen molar-refractivity contribution in [3.8, 4) is 33.6 Å². The Bertz CT molecular complexity index is 963. The van der Waals surface area contributed by atoms with Gasteiger partial charge in [0.15, 0.2) is 11.5 Å². The predicted octanol–water partition coefficient (Wildman–Crippen LogP) is 5.43. The predicted molar refractivity (Wildman–Crippen MR) is 88.6 cm³/mol. The average molecular weight is 364 g/mol. The number of thiophene rings is 1. The van der Waals surface area contributed by atoms with Crippen LogP contribution in [0.15, 0.2) is 50.8 Å². The highest BCUT2D eigenvalue weighted by Crippen LogP contribution is 2.33. The van der Waals surface area contributed by atoms with Gasteiger partial charge in [0.05, 0.1) is 9.90 Å². The molecule has 3 aromatic heterocycles. The molecule has 0 atom stereocenters. The highest BCUT2D eigenvalue weighted by molar-refractivity contribution is 7.13. The van der Waals surface area contributed by atoms with Crippen LogP contribution in [0.5, 0.6) is 0 Å². The minimum absolute atomic E-state index is 0.286. The Hall–Kier alpha value is -2.15. The van der Waals surface area contributed by atoms with Crippen LogP contribution in [0.3, 0.4) is 0 Å². The number of nitrogens with zero attached hydrogens (tertiary/aromatic N) is 3. The van der Waals surface area contributed by atoms with Gasteiger partial charge in [-0.3, -0.25) is 0 Å². The molecule has 0 spiro atoms. The van der Waals surface area contributed by atoms with Gasteiger partial charge in [0.2, 0.25) is 5.82 Å². The van der Waals surface area contributed by atoms with Gasteiger partial charge in [-0.2, -0.15) is 4.98 Å². The van der Waals surface area contributed by atoms with Crippen molar-refractivity contribution < 1.29 is 9.05 Å². The van der Waals surface area contributed by atoms with Gasteiger partial charge in [0, 0.05) is 16.7 Å². The zero-order valence-corrected chi connectivity index (χ0v) is 13.7. The fourth-order valence-electron chi connectivity index (χ4n) is 2.03. The van der Waals surface area contributed by atoms with Crippen LogP contribution < -0.4 is 0 Å². The molecular weight excluding hydrogens is 357 g/mol. The zero-order chi connectivity index (χ0) is 15.8. The Morgan fingerprint density at radius 1 is 1.00 bits per heavy atom. The summed E-state index contributed by atoms with van der Waals surface area (Å²) in [6, 6.07) is 10.7. The second-order valence-electron chi connectivity index (χ2n) is 4.60. The lowest BCUT2D eigenvalue weighted by Gasteiger charge is -1.99. The van der Waals surface area contributed by atoms with Gasteiger partial charge in [0.25, 0.3) is 5.89 Å². The summed E-state index contributed by atoms with van der Waals surface area (Å²) >= 11 is 13.6. The van der Waals surface area contributed by atoms with Gasteiger partial charge < -0.3 is 9.05 Å². The molecule has 0 unspecified atom stereocenters. The SMILES string of the molecule is Clc1ccc(-c2cc(-c3nc(-c4cccs4)no3)no2)c(Cl)c1. The molecule has 0 saturated carbocycles. The van der Waals surface area contributed by atoms with E-state index in [1.807, 2.05) is 17.5 Å². The lowest BCUT2D eigenvalue weighted by molar-refractivity contribution is 0.411. The van der Waals surface area contributed by atoms with Crippen molar-refractivity contribution in [2.45, 2.75) is 0 Å². The maximum absolute atomic E-state index is 6.17. The van der Waals surface area contributed by atoms with Gasteiger partial charge in [-0.05, 0) is 29.6 Å². The molecule has 0 aliphatic rings. The van der Waals surface area contributed by atoms with Crippen LogP contribution in [0.4, 0.5) is 0 Å². The summed E-state index contributed by atoms with van der Waals surface area (Å²) in [5, 5.41) is 10.9. The lowest BCUT2D eigenvalue weighted by atomic mass is 10.1. The second-order valence-corrected chi connectivity index (χ2v) is 6.39. The van der Waals surface area contributed by atoms with E-state index in [0.29, 0.717) is 32.9 Å². The third-order valence-electron chi connectivity index (χ3n) is 3.09. The van der Waals surface area contributed by atoms with E-state index >= 15 is 0 Å².